The molecule has 19 heavy (non-hydrogen) atoms. The van der Waals surface area contributed by atoms with Gasteiger partial charge < -0.3 is 11.1 Å². The van der Waals surface area contributed by atoms with E-state index in [1.165, 1.54) is 6.42 Å². The van der Waals surface area contributed by atoms with Crippen LogP contribution in [-0.4, -0.2) is 12.5 Å². The number of hydrogen-bond donors (Lipinski definition) is 2. The summed E-state index contributed by atoms with van der Waals surface area (Å²) in [6, 6.07) is 5.90. The van der Waals surface area contributed by atoms with E-state index in [2.05, 4.69) is 21.2 Å². The van der Waals surface area contributed by atoms with E-state index >= 15 is 0 Å². The molecule has 2 unspecified atom stereocenters. The number of rotatable bonds is 3. The van der Waals surface area contributed by atoms with Gasteiger partial charge in [0.2, 0.25) is 5.91 Å². The Balaban J connectivity index is 2.07. The number of carbonyl (C=O) groups excluding carboxylic acids is 1. The predicted molar refractivity (Wildman–Crippen MR) is 82.0 cm³/mol. The lowest BCUT2D eigenvalue weighted by Gasteiger charge is -2.29. The average molecular weight is 325 g/mol. The van der Waals surface area contributed by atoms with E-state index in [4.69, 9.17) is 5.73 Å². The molecule has 0 aromatic heterocycles. The molecule has 1 aromatic carbocycles. The highest BCUT2D eigenvalue weighted by atomic mass is 79.9. The Hall–Kier alpha value is -0.870. The first-order valence-corrected chi connectivity index (χ1v) is 7.68. The summed E-state index contributed by atoms with van der Waals surface area (Å²) < 4.78 is 1.03. The van der Waals surface area contributed by atoms with Gasteiger partial charge in [-0.05, 0) is 56.0 Å². The molecule has 0 radical (unpaired) electrons. The van der Waals surface area contributed by atoms with Gasteiger partial charge in [0, 0.05) is 16.1 Å². The minimum Gasteiger partial charge on any atom is -0.330 e. The topological polar surface area (TPSA) is 55.1 Å². The van der Waals surface area contributed by atoms with Crippen LogP contribution in [0.3, 0.4) is 0 Å². The maximum atomic E-state index is 12.4. The number of amides is 1. The van der Waals surface area contributed by atoms with Gasteiger partial charge in [-0.3, -0.25) is 4.79 Å². The summed E-state index contributed by atoms with van der Waals surface area (Å²) in [5.74, 6) is 0.534. The average Bonchev–Trinajstić information content (AvgIpc) is 2.41. The lowest BCUT2D eigenvalue weighted by atomic mass is 9.78. The van der Waals surface area contributed by atoms with Crippen molar-refractivity contribution in [1.82, 2.24) is 0 Å². The number of anilines is 1. The Labute approximate surface area is 123 Å². The van der Waals surface area contributed by atoms with Gasteiger partial charge in [0.15, 0.2) is 0 Å². The third kappa shape index (κ3) is 3.57. The molecule has 1 aromatic rings. The first-order chi connectivity index (χ1) is 9.11. The molecule has 4 heteroatoms. The van der Waals surface area contributed by atoms with Crippen molar-refractivity contribution in [3.8, 4) is 0 Å². The maximum absolute atomic E-state index is 12.4. The Bertz CT molecular complexity index is 461. The molecular weight excluding hydrogens is 304 g/mol. The molecule has 0 saturated heterocycles. The third-order valence-electron chi connectivity index (χ3n) is 3.99. The maximum Gasteiger partial charge on any atom is 0.227 e. The van der Waals surface area contributed by atoms with Crippen LogP contribution in [0.2, 0.25) is 0 Å². The van der Waals surface area contributed by atoms with Crippen molar-refractivity contribution in [2.45, 2.75) is 32.6 Å². The number of halogens is 1. The number of aryl methyl sites for hydroxylation is 1. The van der Waals surface area contributed by atoms with Crippen molar-refractivity contribution < 1.29 is 4.79 Å². The van der Waals surface area contributed by atoms with E-state index < -0.39 is 0 Å². The van der Waals surface area contributed by atoms with Crippen LogP contribution in [0.15, 0.2) is 22.7 Å². The molecule has 0 heterocycles. The Morgan fingerprint density at radius 1 is 1.42 bits per heavy atom. The van der Waals surface area contributed by atoms with Crippen LogP contribution in [0.4, 0.5) is 5.69 Å². The second-order valence-corrected chi connectivity index (χ2v) is 6.25. The summed E-state index contributed by atoms with van der Waals surface area (Å²) in [5, 5.41) is 3.06. The highest BCUT2D eigenvalue weighted by Gasteiger charge is 2.30. The van der Waals surface area contributed by atoms with Gasteiger partial charge in [-0.1, -0.05) is 28.8 Å². The summed E-state index contributed by atoms with van der Waals surface area (Å²) in [4.78, 5) is 12.4. The zero-order valence-electron chi connectivity index (χ0n) is 11.3. The molecule has 1 aliphatic carbocycles. The van der Waals surface area contributed by atoms with Crippen molar-refractivity contribution in [3.05, 3.63) is 28.2 Å². The van der Waals surface area contributed by atoms with Crippen molar-refractivity contribution in [2.75, 3.05) is 11.9 Å². The highest BCUT2D eigenvalue weighted by Crippen LogP contribution is 2.31. The van der Waals surface area contributed by atoms with Crippen LogP contribution in [0.25, 0.3) is 0 Å². The lowest BCUT2D eigenvalue weighted by Crippen LogP contribution is -2.35. The lowest BCUT2D eigenvalue weighted by molar-refractivity contribution is -0.122. The molecule has 3 nitrogen and oxygen atoms in total. The minimum atomic E-state index is 0.0711. The molecule has 0 spiro atoms. The zero-order valence-corrected chi connectivity index (χ0v) is 12.9. The van der Waals surface area contributed by atoms with Gasteiger partial charge in [0.1, 0.15) is 0 Å². The summed E-state index contributed by atoms with van der Waals surface area (Å²) in [6.07, 6.45) is 4.37. The van der Waals surface area contributed by atoms with Crippen LogP contribution < -0.4 is 11.1 Å². The van der Waals surface area contributed by atoms with Crippen molar-refractivity contribution in [1.29, 1.82) is 0 Å². The Morgan fingerprint density at radius 3 is 2.84 bits per heavy atom. The molecule has 0 aliphatic heterocycles. The van der Waals surface area contributed by atoms with E-state index in [9.17, 15) is 4.79 Å². The molecule has 1 amide bonds. The van der Waals surface area contributed by atoms with E-state index in [1.807, 2.05) is 25.1 Å². The summed E-state index contributed by atoms with van der Waals surface area (Å²) in [6.45, 7) is 2.61. The number of nitrogens with one attached hydrogen (secondary N) is 1. The second kappa shape index (κ2) is 6.53. The molecule has 3 N–H and O–H groups in total. The minimum absolute atomic E-state index is 0.0711. The van der Waals surface area contributed by atoms with Crippen LogP contribution in [0.5, 0.6) is 0 Å². The van der Waals surface area contributed by atoms with Crippen LogP contribution in [-0.2, 0) is 4.79 Å². The van der Waals surface area contributed by atoms with E-state index in [1.54, 1.807) is 0 Å². The molecule has 1 saturated carbocycles. The van der Waals surface area contributed by atoms with Crippen LogP contribution in [0, 0.1) is 18.8 Å². The third-order valence-corrected chi connectivity index (χ3v) is 4.49. The first kappa shape index (κ1) is 14.5. The largest absolute Gasteiger partial charge is 0.330 e. The van der Waals surface area contributed by atoms with Gasteiger partial charge in [-0.15, -0.1) is 0 Å². The van der Waals surface area contributed by atoms with Crippen molar-refractivity contribution in [2.24, 2.45) is 17.6 Å². The van der Waals surface area contributed by atoms with Gasteiger partial charge in [-0.25, -0.2) is 0 Å². The first-order valence-electron chi connectivity index (χ1n) is 6.89. The van der Waals surface area contributed by atoms with Gasteiger partial charge in [0.25, 0.3) is 0 Å². The molecule has 2 rings (SSSR count). The second-order valence-electron chi connectivity index (χ2n) is 5.34. The standard InChI is InChI=1S/C15H21BrN2O/c1-10-8-12(16)6-7-14(10)18-15(19)13-5-3-2-4-11(13)9-17/h6-8,11,13H,2-5,9,17H2,1H3,(H,18,19). The van der Waals surface area contributed by atoms with E-state index in [-0.39, 0.29) is 11.8 Å². The number of hydrogen-bond acceptors (Lipinski definition) is 2. The SMILES string of the molecule is Cc1cc(Br)ccc1NC(=O)C1CCCCC1CN. The fraction of sp³-hybridized carbons (Fsp3) is 0.533. The monoisotopic (exact) mass is 324 g/mol. The molecule has 1 fully saturated rings. The number of benzene rings is 1. The summed E-state index contributed by atoms with van der Waals surface area (Å²) >= 11 is 3.43. The Kier molecular flexibility index (Phi) is 4.99. The zero-order chi connectivity index (χ0) is 13.8. The molecule has 1 aliphatic rings. The molecular formula is C15H21BrN2O. The van der Waals surface area contributed by atoms with Gasteiger partial charge >= 0.3 is 0 Å². The van der Waals surface area contributed by atoms with Gasteiger partial charge in [0.05, 0.1) is 0 Å². The molecule has 104 valence electrons. The number of nitrogens with two attached hydrogens (primary N) is 1. The Morgan fingerprint density at radius 2 is 2.16 bits per heavy atom. The number of carbonyl (C=O) groups is 1. The molecule has 2 atom stereocenters. The normalized spacial score (nSPS) is 23.1. The summed E-state index contributed by atoms with van der Waals surface area (Å²) in [5.41, 5.74) is 7.76. The van der Waals surface area contributed by atoms with Crippen molar-refractivity contribution in [3.63, 3.8) is 0 Å². The van der Waals surface area contributed by atoms with Crippen LogP contribution >= 0.6 is 15.9 Å². The quantitative estimate of drug-likeness (QED) is 0.894. The fourth-order valence-electron chi connectivity index (χ4n) is 2.83. The predicted octanol–water partition coefficient (Wildman–Crippen LogP) is 3.46. The summed E-state index contributed by atoms with van der Waals surface area (Å²) in [7, 11) is 0. The fourth-order valence-corrected chi connectivity index (χ4v) is 3.30. The van der Waals surface area contributed by atoms with Crippen molar-refractivity contribution >= 4 is 27.5 Å². The van der Waals surface area contributed by atoms with E-state index in [0.717, 1.165) is 35.0 Å². The van der Waals surface area contributed by atoms with E-state index in [0.29, 0.717) is 12.5 Å². The molecule has 0 bridgehead atoms. The highest BCUT2D eigenvalue weighted by molar-refractivity contribution is 9.10. The smallest absolute Gasteiger partial charge is 0.227 e. The van der Waals surface area contributed by atoms with Crippen LogP contribution in [0.1, 0.15) is 31.2 Å². The van der Waals surface area contributed by atoms with Gasteiger partial charge in [-0.2, -0.15) is 0 Å².